The molecule has 5 nitrogen and oxygen atoms in total. The molecule has 0 spiro atoms. The Kier molecular flexibility index (Phi) is 5.03. The van der Waals surface area contributed by atoms with Crippen molar-refractivity contribution >= 4 is 39.7 Å². The van der Waals surface area contributed by atoms with Gasteiger partial charge in [0, 0.05) is 16.6 Å². The molecule has 0 amide bonds. The summed E-state index contributed by atoms with van der Waals surface area (Å²) in [5, 5.41) is 3.70. The van der Waals surface area contributed by atoms with Crippen molar-refractivity contribution in [3.63, 3.8) is 0 Å². The van der Waals surface area contributed by atoms with Gasteiger partial charge in [-0.1, -0.05) is 29.5 Å². The summed E-state index contributed by atoms with van der Waals surface area (Å²) in [6, 6.07) is 8.37. The Morgan fingerprint density at radius 3 is 2.90 bits per heavy atom. The number of halogens is 2. The third-order valence-corrected chi connectivity index (χ3v) is 5.77. The third-order valence-electron chi connectivity index (χ3n) is 5.48. The second-order valence-corrected chi connectivity index (χ2v) is 7.86. The SMILES string of the molecule is CN1CCC[C@]1(C)C#Cc1cc2ncnc(Nc3cccc(Cl)c3F)c2cc1N. The van der Waals surface area contributed by atoms with Crippen LogP contribution in [0.3, 0.4) is 0 Å². The van der Waals surface area contributed by atoms with Crippen molar-refractivity contribution in [1.29, 1.82) is 0 Å². The van der Waals surface area contributed by atoms with Gasteiger partial charge in [-0.15, -0.1) is 0 Å². The maximum Gasteiger partial charge on any atom is 0.165 e. The Balaban J connectivity index is 1.72. The minimum absolute atomic E-state index is 0.0378. The van der Waals surface area contributed by atoms with Crippen molar-refractivity contribution in [2.24, 2.45) is 0 Å². The van der Waals surface area contributed by atoms with E-state index in [1.807, 2.05) is 6.07 Å². The molecule has 1 fully saturated rings. The van der Waals surface area contributed by atoms with E-state index in [0.717, 1.165) is 24.9 Å². The predicted molar refractivity (Wildman–Crippen MR) is 116 cm³/mol. The average molecular weight is 410 g/mol. The molecule has 1 aromatic heterocycles. The van der Waals surface area contributed by atoms with Gasteiger partial charge in [0.25, 0.3) is 0 Å². The van der Waals surface area contributed by atoms with Crippen molar-refractivity contribution < 1.29 is 4.39 Å². The maximum absolute atomic E-state index is 14.3. The van der Waals surface area contributed by atoms with Crippen LogP contribution in [0.25, 0.3) is 10.9 Å². The normalized spacial score (nSPS) is 19.2. The van der Waals surface area contributed by atoms with E-state index < -0.39 is 5.82 Å². The van der Waals surface area contributed by atoms with Crippen LogP contribution < -0.4 is 11.1 Å². The summed E-state index contributed by atoms with van der Waals surface area (Å²) >= 11 is 5.87. The highest BCUT2D eigenvalue weighted by molar-refractivity contribution is 6.31. The van der Waals surface area contributed by atoms with E-state index in [1.165, 1.54) is 12.4 Å². The fourth-order valence-electron chi connectivity index (χ4n) is 3.51. The first-order valence-corrected chi connectivity index (χ1v) is 9.75. The topological polar surface area (TPSA) is 67.1 Å². The van der Waals surface area contributed by atoms with E-state index in [1.54, 1.807) is 18.2 Å². The Bertz CT molecular complexity index is 1150. The van der Waals surface area contributed by atoms with Crippen molar-refractivity contribution in [1.82, 2.24) is 14.9 Å². The Labute approximate surface area is 174 Å². The zero-order chi connectivity index (χ0) is 20.6. The molecule has 0 bridgehead atoms. The van der Waals surface area contributed by atoms with Crippen molar-refractivity contribution in [3.8, 4) is 11.8 Å². The van der Waals surface area contributed by atoms with E-state index >= 15 is 0 Å². The molecule has 4 rings (SSSR count). The van der Waals surface area contributed by atoms with Gasteiger partial charge in [0.1, 0.15) is 12.1 Å². The summed E-state index contributed by atoms with van der Waals surface area (Å²) in [4.78, 5) is 10.8. The van der Waals surface area contributed by atoms with Crippen LogP contribution in [0.5, 0.6) is 0 Å². The van der Waals surface area contributed by atoms with Gasteiger partial charge in [-0.25, -0.2) is 14.4 Å². The number of fused-ring (bicyclic) bond motifs is 1. The minimum Gasteiger partial charge on any atom is -0.398 e. The number of benzene rings is 2. The molecule has 2 aromatic carbocycles. The Hall–Kier alpha value is -2.88. The van der Waals surface area contributed by atoms with E-state index in [-0.39, 0.29) is 16.2 Å². The zero-order valence-electron chi connectivity index (χ0n) is 16.3. The van der Waals surface area contributed by atoms with Crippen LogP contribution in [-0.4, -0.2) is 34.0 Å². The van der Waals surface area contributed by atoms with Gasteiger partial charge in [0.15, 0.2) is 5.82 Å². The van der Waals surface area contributed by atoms with Crippen LogP contribution >= 0.6 is 11.6 Å². The summed E-state index contributed by atoms with van der Waals surface area (Å²) in [6.07, 6.45) is 3.59. The molecule has 1 saturated heterocycles. The first kappa shape index (κ1) is 19.4. The van der Waals surface area contributed by atoms with Crippen molar-refractivity contribution in [2.75, 3.05) is 24.6 Å². The molecule has 3 aromatic rings. The van der Waals surface area contributed by atoms with Crippen molar-refractivity contribution in [2.45, 2.75) is 25.3 Å². The van der Waals surface area contributed by atoms with E-state index in [9.17, 15) is 4.39 Å². The van der Waals surface area contributed by atoms with Gasteiger partial charge >= 0.3 is 0 Å². The fraction of sp³-hybridized carbons (Fsp3) is 0.273. The first-order chi connectivity index (χ1) is 13.9. The minimum atomic E-state index is -0.537. The molecule has 1 aliphatic heterocycles. The number of aromatic nitrogens is 2. The molecule has 0 radical (unpaired) electrons. The molecule has 7 heteroatoms. The number of nitrogen functional groups attached to an aromatic ring is 1. The third kappa shape index (κ3) is 3.71. The lowest BCUT2D eigenvalue weighted by Crippen LogP contribution is -2.36. The Morgan fingerprint density at radius 1 is 1.31 bits per heavy atom. The van der Waals surface area contributed by atoms with Gasteiger partial charge in [-0.3, -0.25) is 4.90 Å². The summed E-state index contributed by atoms with van der Waals surface area (Å²) in [5.74, 6) is 6.51. The molecule has 0 saturated carbocycles. The lowest BCUT2D eigenvalue weighted by Gasteiger charge is -2.26. The highest BCUT2D eigenvalue weighted by Crippen LogP contribution is 2.30. The second kappa shape index (κ2) is 7.51. The van der Waals surface area contributed by atoms with E-state index in [0.29, 0.717) is 22.4 Å². The first-order valence-electron chi connectivity index (χ1n) is 9.37. The molecule has 2 heterocycles. The van der Waals surface area contributed by atoms with E-state index in [4.69, 9.17) is 17.3 Å². The monoisotopic (exact) mass is 409 g/mol. The average Bonchev–Trinajstić information content (AvgIpc) is 3.03. The van der Waals surface area contributed by atoms with Crippen LogP contribution in [0.2, 0.25) is 5.02 Å². The smallest absolute Gasteiger partial charge is 0.165 e. The number of hydrogen-bond donors (Lipinski definition) is 2. The molecule has 29 heavy (non-hydrogen) atoms. The van der Waals surface area contributed by atoms with Gasteiger partial charge < -0.3 is 11.1 Å². The molecule has 1 aliphatic rings. The largest absolute Gasteiger partial charge is 0.398 e. The number of nitrogens with one attached hydrogen (secondary N) is 1. The number of hydrogen-bond acceptors (Lipinski definition) is 5. The van der Waals surface area contributed by atoms with Crippen LogP contribution in [0.15, 0.2) is 36.7 Å². The van der Waals surface area contributed by atoms with Gasteiger partial charge in [0.05, 0.1) is 21.8 Å². The molecular formula is C22H21ClFN5. The summed E-state index contributed by atoms with van der Waals surface area (Å²) < 4.78 is 14.3. The van der Waals surface area contributed by atoms with Gasteiger partial charge in [-0.2, -0.15) is 0 Å². The van der Waals surface area contributed by atoms with Crippen molar-refractivity contribution in [3.05, 3.63) is 53.1 Å². The standard InChI is InChI=1S/C22H21ClFN5/c1-22(8-4-10-29(22)2)9-7-14-11-19-15(12-17(14)25)21(27-13-26-19)28-18-6-3-5-16(23)20(18)24/h3,5-6,11-13H,4,8,10,25H2,1-2H3,(H,26,27,28)/t22-/m1/s1. The molecule has 1 atom stereocenters. The zero-order valence-corrected chi connectivity index (χ0v) is 17.0. The summed E-state index contributed by atoms with van der Waals surface area (Å²) in [5.41, 5.74) is 8.28. The summed E-state index contributed by atoms with van der Waals surface area (Å²) in [7, 11) is 2.09. The van der Waals surface area contributed by atoms with Crippen LogP contribution in [0, 0.1) is 17.7 Å². The second-order valence-electron chi connectivity index (χ2n) is 7.45. The predicted octanol–water partition coefficient (Wildman–Crippen LogP) is 4.58. The molecule has 0 aliphatic carbocycles. The molecule has 0 unspecified atom stereocenters. The van der Waals surface area contributed by atoms with Crippen LogP contribution in [0.1, 0.15) is 25.3 Å². The Morgan fingerprint density at radius 2 is 2.14 bits per heavy atom. The van der Waals surface area contributed by atoms with Crippen LogP contribution in [0.4, 0.5) is 21.6 Å². The molecular weight excluding hydrogens is 389 g/mol. The van der Waals surface area contributed by atoms with Gasteiger partial charge in [-0.05, 0) is 57.6 Å². The highest BCUT2D eigenvalue weighted by Gasteiger charge is 2.31. The lowest BCUT2D eigenvalue weighted by atomic mass is 9.99. The van der Waals surface area contributed by atoms with Crippen LogP contribution in [-0.2, 0) is 0 Å². The number of nitrogens with two attached hydrogens (primary N) is 1. The summed E-state index contributed by atoms with van der Waals surface area (Å²) in [6.45, 7) is 3.19. The number of likely N-dealkylation sites (tertiary alicyclic amines) is 1. The quantitative estimate of drug-likeness (QED) is 0.479. The highest BCUT2D eigenvalue weighted by atomic mass is 35.5. The number of nitrogens with zero attached hydrogens (tertiary/aromatic N) is 3. The van der Waals surface area contributed by atoms with Gasteiger partial charge in [0.2, 0.25) is 0 Å². The lowest BCUT2D eigenvalue weighted by molar-refractivity contribution is 0.262. The number of rotatable bonds is 2. The van der Waals surface area contributed by atoms with E-state index in [2.05, 4.69) is 46.0 Å². The fourth-order valence-corrected chi connectivity index (χ4v) is 3.69. The maximum atomic E-state index is 14.3. The molecule has 3 N–H and O–H groups in total. The molecule has 148 valence electrons. The number of anilines is 3.